The molecule has 1 saturated heterocycles. The molecule has 5 heteroatoms. The van der Waals surface area contributed by atoms with Gasteiger partial charge >= 0.3 is 12.1 Å². The summed E-state index contributed by atoms with van der Waals surface area (Å²) in [7, 11) is 0. The molecule has 1 unspecified atom stereocenters. The summed E-state index contributed by atoms with van der Waals surface area (Å²) in [4.78, 5) is 23.4. The van der Waals surface area contributed by atoms with Gasteiger partial charge in [0.1, 0.15) is 11.7 Å². The lowest BCUT2D eigenvalue weighted by Crippen LogP contribution is -2.43. The fourth-order valence-electron chi connectivity index (χ4n) is 1.84. The van der Waals surface area contributed by atoms with Crippen molar-refractivity contribution in [3.8, 4) is 0 Å². The smallest absolute Gasteiger partial charge is 0.408 e. The summed E-state index contributed by atoms with van der Waals surface area (Å²) >= 11 is 0. The van der Waals surface area contributed by atoms with Gasteiger partial charge in [0.25, 0.3) is 0 Å². The van der Waals surface area contributed by atoms with Crippen LogP contribution in [0.4, 0.5) is 4.79 Å². The van der Waals surface area contributed by atoms with Crippen molar-refractivity contribution >= 4 is 12.1 Å². The maximum Gasteiger partial charge on any atom is 0.408 e. The van der Waals surface area contributed by atoms with Gasteiger partial charge in [-0.15, -0.1) is 6.58 Å². The van der Waals surface area contributed by atoms with Crippen LogP contribution in [0.1, 0.15) is 27.2 Å². The van der Waals surface area contributed by atoms with E-state index in [2.05, 4.69) is 18.5 Å². The Bertz CT molecular complexity index is 383. The zero-order valence-electron chi connectivity index (χ0n) is 11.6. The number of nitrogens with one attached hydrogen (secondary N) is 1. The maximum atomic E-state index is 11.7. The van der Waals surface area contributed by atoms with Gasteiger partial charge in [-0.1, -0.05) is 18.7 Å². The second kappa shape index (κ2) is 5.91. The molecule has 0 radical (unpaired) electrons. The summed E-state index contributed by atoms with van der Waals surface area (Å²) < 4.78 is 10.2. The van der Waals surface area contributed by atoms with Crippen molar-refractivity contribution in [1.82, 2.24) is 5.32 Å². The summed E-state index contributed by atoms with van der Waals surface area (Å²) in [6, 6.07) is -0.507. The zero-order valence-corrected chi connectivity index (χ0v) is 11.6. The lowest BCUT2D eigenvalue weighted by Gasteiger charge is -2.23. The fraction of sp³-hybridized carbons (Fsp3) is 0.571. The molecule has 1 aliphatic rings. The van der Waals surface area contributed by atoms with Gasteiger partial charge in [-0.25, -0.2) is 4.79 Å². The lowest BCUT2D eigenvalue weighted by atomic mass is 9.96. The highest BCUT2D eigenvalue weighted by Crippen LogP contribution is 2.25. The number of hydrogen-bond acceptors (Lipinski definition) is 4. The molecule has 0 aliphatic carbocycles. The SMILES string of the molecule is C=CC(NC(=O)OC(C)(C)C)[C@H]1C[C@@H](C=C)OC1=O. The first kappa shape index (κ1) is 15.3. The quantitative estimate of drug-likeness (QED) is 0.626. The third-order valence-electron chi connectivity index (χ3n) is 2.69. The van der Waals surface area contributed by atoms with E-state index in [1.54, 1.807) is 26.8 Å². The van der Waals surface area contributed by atoms with E-state index in [-0.39, 0.29) is 12.1 Å². The Morgan fingerprint density at radius 1 is 1.53 bits per heavy atom. The van der Waals surface area contributed by atoms with Crippen LogP contribution in [0.3, 0.4) is 0 Å². The predicted molar refractivity (Wildman–Crippen MR) is 71.5 cm³/mol. The van der Waals surface area contributed by atoms with Crippen molar-refractivity contribution < 1.29 is 19.1 Å². The number of alkyl carbamates (subject to hydrolysis) is 1. The minimum absolute atomic E-state index is 0.305. The minimum atomic E-state index is -0.588. The number of esters is 1. The van der Waals surface area contributed by atoms with Crippen molar-refractivity contribution in [2.75, 3.05) is 0 Å². The lowest BCUT2D eigenvalue weighted by molar-refractivity contribution is -0.143. The fourth-order valence-corrected chi connectivity index (χ4v) is 1.84. The summed E-state index contributed by atoms with van der Waals surface area (Å²) in [6.45, 7) is 12.5. The van der Waals surface area contributed by atoms with Gasteiger partial charge in [-0.3, -0.25) is 4.79 Å². The monoisotopic (exact) mass is 267 g/mol. The molecule has 0 spiro atoms. The Morgan fingerprint density at radius 3 is 2.58 bits per heavy atom. The van der Waals surface area contributed by atoms with E-state index in [0.717, 1.165) is 0 Å². The van der Waals surface area contributed by atoms with Gasteiger partial charge < -0.3 is 14.8 Å². The first-order valence-electron chi connectivity index (χ1n) is 6.22. The van der Waals surface area contributed by atoms with Crippen LogP contribution in [0, 0.1) is 5.92 Å². The molecular weight excluding hydrogens is 246 g/mol. The topological polar surface area (TPSA) is 64.6 Å². The van der Waals surface area contributed by atoms with E-state index >= 15 is 0 Å². The molecule has 0 aromatic heterocycles. The van der Waals surface area contributed by atoms with Crippen molar-refractivity contribution in [3.05, 3.63) is 25.3 Å². The highest BCUT2D eigenvalue weighted by Gasteiger charge is 2.38. The number of carbonyl (C=O) groups excluding carboxylic acids is 2. The van der Waals surface area contributed by atoms with Gasteiger partial charge in [0.05, 0.1) is 12.0 Å². The van der Waals surface area contributed by atoms with Gasteiger partial charge in [0.2, 0.25) is 0 Å². The zero-order chi connectivity index (χ0) is 14.6. The van der Waals surface area contributed by atoms with Crippen LogP contribution in [0.25, 0.3) is 0 Å². The summed E-state index contributed by atoms with van der Waals surface area (Å²) in [5, 5.41) is 2.63. The van der Waals surface area contributed by atoms with Gasteiger partial charge in [0, 0.05) is 6.42 Å². The summed E-state index contributed by atoms with van der Waals surface area (Å²) in [6.07, 6.45) is 2.69. The summed E-state index contributed by atoms with van der Waals surface area (Å²) in [5.41, 5.74) is -0.588. The average molecular weight is 267 g/mol. The minimum Gasteiger partial charge on any atom is -0.458 e. The van der Waals surface area contributed by atoms with Crippen LogP contribution in [0.15, 0.2) is 25.3 Å². The Hall–Kier alpha value is -1.78. The largest absolute Gasteiger partial charge is 0.458 e. The van der Waals surface area contributed by atoms with E-state index in [1.807, 2.05) is 0 Å². The standard InChI is InChI=1S/C14H21NO4/c1-6-9-8-10(12(16)18-9)11(7-2)15-13(17)19-14(3,4)5/h6-7,9-11H,1-2,8H2,3-5H3,(H,15,17)/t9-,10-,11?/m1/s1. The predicted octanol–water partition coefficient (Wildman–Crippen LogP) is 2.18. The normalized spacial score (nSPS) is 24.3. The first-order valence-corrected chi connectivity index (χ1v) is 6.22. The molecule has 106 valence electrons. The molecule has 1 aliphatic heterocycles. The molecule has 0 saturated carbocycles. The summed E-state index contributed by atoms with van der Waals surface area (Å²) in [5.74, 6) is -0.807. The highest BCUT2D eigenvalue weighted by atomic mass is 16.6. The second-order valence-electron chi connectivity index (χ2n) is 5.46. The van der Waals surface area contributed by atoms with Crippen LogP contribution in [0.2, 0.25) is 0 Å². The molecular formula is C14H21NO4. The van der Waals surface area contributed by atoms with E-state index in [9.17, 15) is 9.59 Å². The number of hydrogen-bond donors (Lipinski definition) is 1. The van der Waals surface area contributed by atoms with Crippen molar-refractivity contribution in [2.24, 2.45) is 5.92 Å². The number of rotatable bonds is 4. The molecule has 19 heavy (non-hydrogen) atoms. The first-order chi connectivity index (χ1) is 8.76. The van der Waals surface area contributed by atoms with Crippen LogP contribution >= 0.6 is 0 Å². The Balaban J connectivity index is 2.64. The van der Waals surface area contributed by atoms with Crippen molar-refractivity contribution in [1.29, 1.82) is 0 Å². The van der Waals surface area contributed by atoms with Crippen molar-refractivity contribution in [2.45, 2.75) is 44.9 Å². The van der Waals surface area contributed by atoms with E-state index in [0.29, 0.717) is 6.42 Å². The number of cyclic esters (lactones) is 1. The molecule has 1 fully saturated rings. The number of amides is 1. The molecule has 1 amide bonds. The molecule has 1 rings (SSSR count). The molecule has 0 aromatic carbocycles. The van der Waals surface area contributed by atoms with E-state index in [1.165, 1.54) is 6.08 Å². The average Bonchev–Trinajstić information content (AvgIpc) is 2.65. The van der Waals surface area contributed by atoms with Crippen LogP contribution < -0.4 is 5.32 Å². The van der Waals surface area contributed by atoms with Gasteiger partial charge in [-0.05, 0) is 20.8 Å². The number of carbonyl (C=O) groups is 2. The van der Waals surface area contributed by atoms with E-state index in [4.69, 9.17) is 9.47 Å². The third-order valence-corrected chi connectivity index (χ3v) is 2.69. The molecule has 0 aromatic rings. The second-order valence-corrected chi connectivity index (χ2v) is 5.46. The van der Waals surface area contributed by atoms with Crippen LogP contribution in [-0.2, 0) is 14.3 Å². The van der Waals surface area contributed by atoms with E-state index < -0.39 is 23.7 Å². The molecule has 0 bridgehead atoms. The van der Waals surface area contributed by atoms with Crippen LogP contribution in [-0.4, -0.2) is 29.8 Å². The molecule has 1 heterocycles. The third kappa shape index (κ3) is 4.43. The molecule has 1 N–H and O–H groups in total. The Morgan fingerprint density at radius 2 is 2.16 bits per heavy atom. The number of ether oxygens (including phenoxy) is 2. The van der Waals surface area contributed by atoms with Gasteiger partial charge in [0.15, 0.2) is 0 Å². The molecule has 3 atom stereocenters. The maximum absolute atomic E-state index is 11.7. The van der Waals surface area contributed by atoms with Crippen molar-refractivity contribution in [3.63, 3.8) is 0 Å². The Labute approximate surface area is 113 Å². The van der Waals surface area contributed by atoms with Crippen LogP contribution in [0.5, 0.6) is 0 Å². The Kier molecular flexibility index (Phi) is 4.75. The molecule has 5 nitrogen and oxygen atoms in total. The highest BCUT2D eigenvalue weighted by molar-refractivity contribution is 5.78. The van der Waals surface area contributed by atoms with Gasteiger partial charge in [-0.2, -0.15) is 0 Å².